The van der Waals surface area contributed by atoms with Crippen LogP contribution in [0.1, 0.15) is 27.2 Å². The molecule has 0 spiro atoms. The van der Waals surface area contributed by atoms with Crippen LogP contribution in [0.3, 0.4) is 0 Å². The minimum absolute atomic E-state index is 0.0906. The molecule has 8 heteroatoms. The van der Waals surface area contributed by atoms with Crippen molar-refractivity contribution in [2.75, 3.05) is 5.32 Å². The molecule has 0 unspecified atom stereocenters. The Morgan fingerprint density at radius 3 is 2.59 bits per heavy atom. The molecule has 7 nitrogen and oxygen atoms in total. The number of hydrogen-bond acceptors (Lipinski definition) is 4. The predicted octanol–water partition coefficient (Wildman–Crippen LogP) is 4.36. The quantitative estimate of drug-likeness (QED) is 0.522. The van der Waals surface area contributed by atoms with E-state index in [0.29, 0.717) is 22.9 Å². The summed E-state index contributed by atoms with van der Waals surface area (Å²) < 4.78 is 1.76. The molecule has 0 saturated carbocycles. The average Bonchev–Trinajstić information content (AvgIpc) is 2.95. The van der Waals surface area contributed by atoms with Gasteiger partial charge >= 0.3 is 0 Å². The summed E-state index contributed by atoms with van der Waals surface area (Å²) >= 11 is 5.90. The number of benzene rings is 2. The molecule has 0 aliphatic rings. The summed E-state index contributed by atoms with van der Waals surface area (Å²) in [6, 6.07) is 13.6. The van der Waals surface area contributed by atoms with Crippen molar-refractivity contribution in [1.29, 1.82) is 0 Å². The first-order chi connectivity index (χ1) is 12.8. The molecule has 0 saturated heterocycles. The molecule has 3 rings (SSSR count). The van der Waals surface area contributed by atoms with Crippen LogP contribution in [0.15, 0.2) is 48.5 Å². The smallest absolute Gasteiger partial charge is 0.273 e. The summed E-state index contributed by atoms with van der Waals surface area (Å²) in [7, 11) is 0. The normalized spacial score (nSPS) is 10.6. The first kappa shape index (κ1) is 18.6. The number of aryl methyl sites for hydroxylation is 1. The van der Waals surface area contributed by atoms with Gasteiger partial charge in [-0.1, -0.05) is 29.8 Å². The monoisotopic (exact) mass is 384 g/mol. The molecular weight excluding hydrogens is 368 g/mol. The van der Waals surface area contributed by atoms with E-state index in [0.717, 1.165) is 11.3 Å². The number of amides is 1. The Hall–Kier alpha value is -3.19. The fraction of sp³-hybridized carbons (Fsp3) is 0.158. The predicted molar refractivity (Wildman–Crippen MR) is 103 cm³/mol. The van der Waals surface area contributed by atoms with E-state index in [9.17, 15) is 14.9 Å². The van der Waals surface area contributed by atoms with Gasteiger partial charge in [0.15, 0.2) is 5.82 Å². The SMILES string of the molecule is Cc1c(C(=O)Nc2cc(C)n(Cc3ccc(Cl)cc3)n2)cccc1[N+](=O)[O-]. The van der Waals surface area contributed by atoms with Crippen molar-refractivity contribution in [1.82, 2.24) is 9.78 Å². The van der Waals surface area contributed by atoms with Gasteiger partial charge in [0.25, 0.3) is 11.6 Å². The topological polar surface area (TPSA) is 90.1 Å². The van der Waals surface area contributed by atoms with Crippen LogP contribution >= 0.6 is 11.6 Å². The molecule has 0 aliphatic heterocycles. The third-order valence-electron chi connectivity index (χ3n) is 4.21. The van der Waals surface area contributed by atoms with E-state index in [-0.39, 0.29) is 11.3 Å². The lowest BCUT2D eigenvalue weighted by Gasteiger charge is -2.06. The number of halogens is 1. The highest BCUT2D eigenvalue weighted by molar-refractivity contribution is 6.30. The van der Waals surface area contributed by atoms with Crippen LogP contribution in [-0.4, -0.2) is 20.6 Å². The first-order valence-corrected chi connectivity index (χ1v) is 8.57. The zero-order chi connectivity index (χ0) is 19.6. The minimum Gasteiger partial charge on any atom is -0.305 e. The Labute approximate surface area is 160 Å². The van der Waals surface area contributed by atoms with Gasteiger partial charge in [0.1, 0.15) is 0 Å². The Morgan fingerprint density at radius 1 is 1.22 bits per heavy atom. The molecule has 1 amide bonds. The Balaban J connectivity index is 1.79. The fourth-order valence-corrected chi connectivity index (χ4v) is 2.87. The molecule has 138 valence electrons. The summed E-state index contributed by atoms with van der Waals surface area (Å²) in [5, 5.41) is 18.8. The highest BCUT2D eigenvalue weighted by Gasteiger charge is 2.19. The fourth-order valence-electron chi connectivity index (χ4n) is 2.74. The van der Waals surface area contributed by atoms with E-state index < -0.39 is 10.8 Å². The molecule has 0 bridgehead atoms. The van der Waals surface area contributed by atoms with Crippen LogP contribution < -0.4 is 5.32 Å². The van der Waals surface area contributed by atoms with E-state index >= 15 is 0 Å². The molecule has 1 N–H and O–H groups in total. The van der Waals surface area contributed by atoms with Gasteiger partial charge in [-0.05, 0) is 37.6 Å². The van der Waals surface area contributed by atoms with Crippen LogP contribution in [0.5, 0.6) is 0 Å². The van der Waals surface area contributed by atoms with E-state index in [1.165, 1.54) is 12.1 Å². The van der Waals surface area contributed by atoms with Gasteiger partial charge in [0.2, 0.25) is 0 Å². The number of anilines is 1. The molecule has 0 aliphatic carbocycles. The highest BCUT2D eigenvalue weighted by Crippen LogP contribution is 2.22. The van der Waals surface area contributed by atoms with E-state index in [1.54, 1.807) is 23.7 Å². The van der Waals surface area contributed by atoms with Gasteiger partial charge < -0.3 is 5.32 Å². The second kappa shape index (κ2) is 7.59. The molecule has 3 aromatic rings. The van der Waals surface area contributed by atoms with Crippen molar-refractivity contribution in [2.45, 2.75) is 20.4 Å². The highest BCUT2D eigenvalue weighted by atomic mass is 35.5. The lowest BCUT2D eigenvalue weighted by Crippen LogP contribution is -2.15. The van der Waals surface area contributed by atoms with Gasteiger partial charge in [-0.3, -0.25) is 19.6 Å². The zero-order valence-electron chi connectivity index (χ0n) is 14.8. The largest absolute Gasteiger partial charge is 0.305 e. The number of hydrogen-bond donors (Lipinski definition) is 1. The Kier molecular flexibility index (Phi) is 5.23. The molecule has 1 aromatic heterocycles. The molecule has 2 aromatic carbocycles. The van der Waals surface area contributed by atoms with Gasteiger partial charge in [-0.15, -0.1) is 0 Å². The molecule has 1 heterocycles. The molecule has 0 atom stereocenters. The van der Waals surface area contributed by atoms with Crippen LogP contribution in [0, 0.1) is 24.0 Å². The Morgan fingerprint density at radius 2 is 1.93 bits per heavy atom. The summed E-state index contributed by atoms with van der Waals surface area (Å²) in [5.74, 6) is -0.0512. The van der Waals surface area contributed by atoms with E-state index in [1.807, 2.05) is 31.2 Å². The molecule has 0 radical (unpaired) electrons. The summed E-state index contributed by atoms with van der Waals surface area (Å²) in [5.41, 5.74) is 2.37. The van der Waals surface area contributed by atoms with Crippen molar-refractivity contribution in [3.8, 4) is 0 Å². The van der Waals surface area contributed by atoms with Gasteiger partial charge in [-0.2, -0.15) is 5.10 Å². The standard InChI is InChI=1S/C19H17ClN4O3/c1-12-10-18(22-23(12)11-14-6-8-15(20)9-7-14)21-19(25)16-4-3-5-17(13(16)2)24(26)27/h3-10H,11H2,1-2H3,(H,21,22,25). The number of nitro benzene ring substituents is 1. The van der Waals surface area contributed by atoms with Gasteiger partial charge in [0, 0.05) is 34.0 Å². The molecular formula is C19H17ClN4O3. The lowest BCUT2D eigenvalue weighted by molar-refractivity contribution is -0.385. The summed E-state index contributed by atoms with van der Waals surface area (Å²) in [4.78, 5) is 23.1. The number of rotatable bonds is 5. The number of carbonyl (C=O) groups is 1. The van der Waals surface area contributed by atoms with Crippen molar-refractivity contribution in [3.05, 3.63) is 86.1 Å². The third kappa shape index (κ3) is 4.15. The minimum atomic E-state index is -0.503. The third-order valence-corrected chi connectivity index (χ3v) is 4.47. The summed E-state index contributed by atoms with van der Waals surface area (Å²) in [6.45, 7) is 3.98. The Bertz CT molecular complexity index is 1010. The van der Waals surface area contributed by atoms with Crippen LogP contribution in [0.25, 0.3) is 0 Å². The molecule has 0 fully saturated rings. The number of nitrogens with one attached hydrogen (secondary N) is 1. The number of nitrogens with zero attached hydrogens (tertiary/aromatic N) is 3. The maximum atomic E-state index is 12.5. The van der Waals surface area contributed by atoms with E-state index in [2.05, 4.69) is 10.4 Å². The van der Waals surface area contributed by atoms with Gasteiger partial charge in [-0.25, -0.2) is 0 Å². The average molecular weight is 385 g/mol. The lowest BCUT2D eigenvalue weighted by atomic mass is 10.1. The second-order valence-corrected chi connectivity index (χ2v) is 6.55. The van der Waals surface area contributed by atoms with Crippen molar-refractivity contribution in [3.63, 3.8) is 0 Å². The maximum absolute atomic E-state index is 12.5. The second-order valence-electron chi connectivity index (χ2n) is 6.12. The molecule has 27 heavy (non-hydrogen) atoms. The van der Waals surface area contributed by atoms with Crippen LogP contribution in [0.2, 0.25) is 5.02 Å². The first-order valence-electron chi connectivity index (χ1n) is 8.19. The van der Waals surface area contributed by atoms with Crippen LogP contribution in [0.4, 0.5) is 11.5 Å². The zero-order valence-corrected chi connectivity index (χ0v) is 15.5. The van der Waals surface area contributed by atoms with Crippen molar-refractivity contribution < 1.29 is 9.72 Å². The van der Waals surface area contributed by atoms with E-state index in [4.69, 9.17) is 11.6 Å². The van der Waals surface area contributed by atoms with Crippen molar-refractivity contribution in [2.24, 2.45) is 0 Å². The van der Waals surface area contributed by atoms with Crippen molar-refractivity contribution >= 4 is 29.0 Å². The number of aromatic nitrogens is 2. The summed E-state index contributed by atoms with van der Waals surface area (Å²) in [6.07, 6.45) is 0. The van der Waals surface area contributed by atoms with Gasteiger partial charge in [0.05, 0.1) is 11.5 Å². The van der Waals surface area contributed by atoms with Crippen LogP contribution in [-0.2, 0) is 6.54 Å². The number of nitro groups is 1. The number of carbonyl (C=O) groups excluding carboxylic acids is 1. The maximum Gasteiger partial charge on any atom is 0.273 e.